The van der Waals surface area contributed by atoms with Crippen molar-refractivity contribution in [1.29, 1.82) is 0 Å². The predicted octanol–water partition coefficient (Wildman–Crippen LogP) is 4.99. The zero-order valence-corrected chi connectivity index (χ0v) is 21.0. The molecule has 2 unspecified atom stereocenters. The van der Waals surface area contributed by atoms with Gasteiger partial charge in [0.25, 0.3) is 0 Å². The highest BCUT2D eigenvalue weighted by Gasteiger charge is 2.36. The lowest BCUT2D eigenvalue weighted by Gasteiger charge is -2.32. The number of carbonyl (C=O) groups excluding carboxylic acids is 1. The van der Waals surface area contributed by atoms with Crippen molar-refractivity contribution in [3.8, 4) is 5.75 Å². The molecule has 0 aromatic heterocycles. The molecule has 0 bridgehead atoms. The molecule has 0 heterocycles. The average Bonchev–Trinajstić information content (AvgIpc) is 2.72. The van der Waals surface area contributed by atoms with E-state index >= 15 is 0 Å². The third-order valence-corrected chi connectivity index (χ3v) is 6.19. The molecule has 2 rings (SSSR count). The summed E-state index contributed by atoms with van der Waals surface area (Å²) in [4.78, 5) is 22.9. The first kappa shape index (κ1) is 27.9. The molecule has 0 saturated heterocycles. The zero-order valence-electron chi connectivity index (χ0n) is 20.3. The van der Waals surface area contributed by atoms with Crippen LogP contribution in [0.5, 0.6) is 5.75 Å². The standard InChI is InChI=1S/C26H35ClO7/c1-5-11-26(32)15-19(8-9-20(26)17(2)28)33-12-6-13-34-22-10-7-18(14-21(22)27)24(31)25(3,4)16-23(29)30/h7-10,14,24,31-32H,5-6,11-13,15-16H2,1-4H3,(H,29,30). The molecule has 1 aliphatic rings. The second-order valence-corrected chi connectivity index (χ2v) is 9.84. The number of benzene rings is 1. The van der Waals surface area contributed by atoms with Crippen LogP contribution in [0.1, 0.15) is 71.5 Å². The lowest BCUT2D eigenvalue weighted by molar-refractivity contribution is -0.141. The summed E-state index contributed by atoms with van der Waals surface area (Å²) in [5, 5.41) is 30.9. The molecule has 8 heteroatoms. The molecule has 7 nitrogen and oxygen atoms in total. The minimum atomic E-state index is -1.19. The number of Topliss-reactive ketones (excluding diaryl/α,β-unsaturated/α-hetero) is 1. The summed E-state index contributed by atoms with van der Waals surface area (Å²) in [6, 6.07) is 4.91. The SMILES string of the molecule is CCCC1(O)CC(OCCCOc2ccc(C(O)C(C)(C)CC(=O)O)cc2Cl)=CC=C1C(C)=O. The number of allylic oxidation sites excluding steroid dienone is 2. The van der Waals surface area contributed by atoms with E-state index in [9.17, 15) is 19.8 Å². The van der Waals surface area contributed by atoms with Crippen molar-refractivity contribution in [3.05, 3.63) is 52.3 Å². The second kappa shape index (κ2) is 11.9. The van der Waals surface area contributed by atoms with Gasteiger partial charge in [0.1, 0.15) is 11.4 Å². The maximum atomic E-state index is 11.8. The molecule has 0 fully saturated rings. The molecule has 34 heavy (non-hydrogen) atoms. The topological polar surface area (TPSA) is 113 Å². The molecule has 0 aliphatic heterocycles. The number of hydrogen-bond acceptors (Lipinski definition) is 6. The average molecular weight is 495 g/mol. The highest BCUT2D eigenvalue weighted by Crippen LogP contribution is 2.39. The van der Waals surface area contributed by atoms with Crippen LogP contribution in [0.25, 0.3) is 0 Å². The number of hydrogen-bond donors (Lipinski definition) is 3. The number of carboxylic acid groups (broad SMARTS) is 1. The number of carboxylic acids is 1. The number of aliphatic carboxylic acids is 1. The van der Waals surface area contributed by atoms with E-state index < -0.39 is 23.1 Å². The Balaban J connectivity index is 1.88. The van der Waals surface area contributed by atoms with E-state index in [-0.39, 0.29) is 18.6 Å². The molecule has 2 atom stereocenters. The number of carbonyl (C=O) groups is 2. The number of rotatable bonds is 13. The summed E-state index contributed by atoms with van der Waals surface area (Å²) in [5.74, 6) is -0.0367. The summed E-state index contributed by atoms with van der Waals surface area (Å²) in [6.45, 7) is 7.50. The number of aliphatic hydroxyl groups is 2. The van der Waals surface area contributed by atoms with Gasteiger partial charge in [0, 0.05) is 23.8 Å². The van der Waals surface area contributed by atoms with E-state index in [0.717, 1.165) is 6.42 Å². The van der Waals surface area contributed by atoms with Crippen LogP contribution in [-0.2, 0) is 14.3 Å². The van der Waals surface area contributed by atoms with E-state index in [1.807, 2.05) is 6.92 Å². The second-order valence-electron chi connectivity index (χ2n) is 9.43. The summed E-state index contributed by atoms with van der Waals surface area (Å²) >= 11 is 6.31. The molecule has 0 amide bonds. The number of ether oxygens (including phenoxy) is 2. The third-order valence-electron chi connectivity index (χ3n) is 5.90. The van der Waals surface area contributed by atoms with Gasteiger partial charge in [0.2, 0.25) is 0 Å². The summed E-state index contributed by atoms with van der Waals surface area (Å²) < 4.78 is 11.5. The van der Waals surface area contributed by atoms with Crippen LogP contribution in [-0.4, -0.2) is 45.9 Å². The van der Waals surface area contributed by atoms with Crippen LogP contribution in [0.4, 0.5) is 0 Å². The Morgan fingerprint density at radius 3 is 2.47 bits per heavy atom. The first-order valence-electron chi connectivity index (χ1n) is 11.5. The monoisotopic (exact) mass is 494 g/mol. The number of halogens is 1. The fourth-order valence-corrected chi connectivity index (χ4v) is 4.38. The number of aliphatic hydroxyl groups excluding tert-OH is 1. The Hall–Kier alpha value is -2.35. The molecule has 1 aromatic carbocycles. The highest BCUT2D eigenvalue weighted by atomic mass is 35.5. The molecule has 188 valence electrons. The summed E-state index contributed by atoms with van der Waals surface area (Å²) in [5.41, 5.74) is -1.11. The third kappa shape index (κ3) is 7.32. The molecular weight excluding hydrogens is 460 g/mol. The highest BCUT2D eigenvalue weighted by molar-refractivity contribution is 6.32. The largest absolute Gasteiger partial charge is 0.498 e. The van der Waals surface area contributed by atoms with Crippen molar-refractivity contribution in [2.75, 3.05) is 13.2 Å². The van der Waals surface area contributed by atoms with Crippen molar-refractivity contribution in [1.82, 2.24) is 0 Å². The van der Waals surface area contributed by atoms with Gasteiger partial charge in [0.15, 0.2) is 5.78 Å². The minimum absolute atomic E-state index is 0.138. The Bertz CT molecular complexity index is 950. The minimum Gasteiger partial charge on any atom is -0.498 e. The van der Waals surface area contributed by atoms with Gasteiger partial charge in [-0.05, 0) is 43.2 Å². The van der Waals surface area contributed by atoms with Crippen LogP contribution < -0.4 is 4.74 Å². The number of ketones is 1. The van der Waals surface area contributed by atoms with E-state index in [4.69, 9.17) is 26.2 Å². The Kier molecular flexibility index (Phi) is 9.74. The van der Waals surface area contributed by atoms with Crippen molar-refractivity contribution in [3.63, 3.8) is 0 Å². The van der Waals surface area contributed by atoms with Crippen molar-refractivity contribution in [2.45, 2.75) is 71.5 Å². The Morgan fingerprint density at radius 2 is 1.88 bits per heavy atom. The quantitative estimate of drug-likeness (QED) is 0.331. The Labute approximate surface area is 206 Å². The maximum Gasteiger partial charge on any atom is 0.303 e. The molecule has 0 radical (unpaired) electrons. The maximum absolute atomic E-state index is 11.8. The molecule has 0 saturated carbocycles. The lowest BCUT2D eigenvalue weighted by Crippen LogP contribution is -2.36. The zero-order chi connectivity index (χ0) is 25.5. The van der Waals surface area contributed by atoms with E-state index in [1.165, 1.54) is 6.92 Å². The van der Waals surface area contributed by atoms with Crippen LogP contribution >= 0.6 is 11.6 Å². The van der Waals surface area contributed by atoms with Crippen LogP contribution in [0, 0.1) is 5.41 Å². The fraction of sp³-hybridized carbons (Fsp3) is 0.538. The van der Waals surface area contributed by atoms with Crippen LogP contribution in [0.2, 0.25) is 5.02 Å². The van der Waals surface area contributed by atoms with Gasteiger partial charge in [-0.25, -0.2) is 0 Å². The van der Waals surface area contributed by atoms with Crippen molar-refractivity contribution >= 4 is 23.4 Å². The normalized spacial score (nSPS) is 19.1. The lowest BCUT2D eigenvalue weighted by atomic mass is 9.80. The molecular formula is C26H35ClO7. The smallest absolute Gasteiger partial charge is 0.303 e. The van der Waals surface area contributed by atoms with Gasteiger partial charge < -0.3 is 24.8 Å². The first-order chi connectivity index (χ1) is 15.9. The van der Waals surface area contributed by atoms with Gasteiger partial charge >= 0.3 is 5.97 Å². The fourth-order valence-electron chi connectivity index (χ4n) is 4.14. The first-order valence-corrected chi connectivity index (χ1v) is 11.9. The molecule has 1 aliphatic carbocycles. The predicted molar refractivity (Wildman–Crippen MR) is 130 cm³/mol. The van der Waals surface area contributed by atoms with Gasteiger partial charge in [-0.2, -0.15) is 0 Å². The van der Waals surface area contributed by atoms with E-state index in [2.05, 4.69) is 0 Å². The Morgan fingerprint density at radius 1 is 1.21 bits per heavy atom. The van der Waals surface area contributed by atoms with Gasteiger partial charge in [-0.3, -0.25) is 9.59 Å². The van der Waals surface area contributed by atoms with Crippen LogP contribution in [0.3, 0.4) is 0 Å². The molecule has 1 aromatic rings. The summed E-state index contributed by atoms with van der Waals surface area (Å²) in [7, 11) is 0. The van der Waals surface area contributed by atoms with Gasteiger partial charge in [-0.15, -0.1) is 0 Å². The van der Waals surface area contributed by atoms with Crippen molar-refractivity contribution in [2.24, 2.45) is 5.41 Å². The van der Waals surface area contributed by atoms with E-state index in [0.29, 0.717) is 53.7 Å². The molecule has 0 spiro atoms. The van der Waals surface area contributed by atoms with Crippen molar-refractivity contribution < 1.29 is 34.4 Å². The van der Waals surface area contributed by atoms with Gasteiger partial charge in [0.05, 0.1) is 36.5 Å². The van der Waals surface area contributed by atoms with E-state index in [1.54, 1.807) is 44.2 Å². The van der Waals surface area contributed by atoms with Gasteiger partial charge in [-0.1, -0.05) is 44.9 Å². The summed E-state index contributed by atoms with van der Waals surface area (Å²) in [6.07, 6.45) is 4.27. The van der Waals surface area contributed by atoms with Crippen LogP contribution in [0.15, 0.2) is 41.7 Å². The molecule has 3 N–H and O–H groups in total.